The van der Waals surface area contributed by atoms with Crippen molar-refractivity contribution in [3.63, 3.8) is 0 Å². The summed E-state index contributed by atoms with van der Waals surface area (Å²) in [5.74, 6) is 0.220. The Kier molecular flexibility index (Phi) is 9.02. The number of carbonyl (C=O) groups excluding carboxylic acids is 2. The Bertz CT molecular complexity index is 1250. The molecular formula is C30H33ClFN3O3. The van der Waals surface area contributed by atoms with Gasteiger partial charge >= 0.3 is 0 Å². The van der Waals surface area contributed by atoms with Crippen LogP contribution in [-0.2, 0) is 9.59 Å². The number of carbonyl (C=O) groups is 2. The molecule has 1 N–H and O–H groups in total. The first-order valence-corrected chi connectivity index (χ1v) is 13.3. The average Bonchev–Trinajstić information content (AvgIpc) is 2.93. The Labute approximate surface area is 228 Å². The van der Waals surface area contributed by atoms with Crippen LogP contribution in [0, 0.1) is 18.7 Å². The third-order valence-electron chi connectivity index (χ3n) is 6.79. The highest BCUT2D eigenvalue weighted by Gasteiger charge is 2.37. The first kappa shape index (κ1) is 27.6. The summed E-state index contributed by atoms with van der Waals surface area (Å²) in [6.45, 7) is 7.74. The van der Waals surface area contributed by atoms with Gasteiger partial charge < -0.3 is 15.0 Å². The second-order valence-electron chi connectivity index (χ2n) is 9.80. The number of benzene rings is 3. The van der Waals surface area contributed by atoms with E-state index < -0.39 is 17.8 Å². The molecule has 1 fully saturated rings. The Morgan fingerprint density at radius 1 is 1.08 bits per heavy atom. The van der Waals surface area contributed by atoms with Gasteiger partial charge in [-0.3, -0.25) is 14.5 Å². The van der Waals surface area contributed by atoms with Crippen LogP contribution in [0.1, 0.15) is 31.0 Å². The topological polar surface area (TPSA) is 61.9 Å². The molecule has 0 saturated carbocycles. The van der Waals surface area contributed by atoms with Crippen molar-refractivity contribution in [2.75, 3.05) is 30.4 Å². The van der Waals surface area contributed by atoms with Crippen molar-refractivity contribution in [3.8, 4) is 11.5 Å². The van der Waals surface area contributed by atoms with Crippen molar-refractivity contribution in [2.45, 2.75) is 32.9 Å². The fourth-order valence-electron chi connectivity index (χ4n) is 4.71. The summed E-state index contributed by atoms with van der Waals surface area (Å²) < 4.78 is 19.8. The van der Waals surface area contributed by atoms with Crippen molar-refractivity contribution >= 4 is 29.1 Å². The van der Waals surface area contributed by atoms with Gasteiger partial charge in [-0.1, -0.05) is 44.2 Å². The number of aryl methyl sites for hydroxylation is 1. The first-order valence-electron chi connectivity index (χ1n) is 12.8. The standard InChI is InChI=1S/C30H33ClFN3O3/c1-20(2)26-19-34(16-15-33-26)30(37)29(22-9-11-23(32)12-10-22)35(28(36)18-31)27-14-13-25(17-21(27)3)38-24-7-5-4-6-8-24/h4-14,17,20,26,29,33H,15-16,18-19H2,1-3H3/t26-,29-/m0/s1. The highest BCUT2D eigenvalue weighted by atomic mass is 35.5. The summed E-state index contributed by atoms with van der Waals surface area (Å²) in [5, 5.41) is 3.46. The van der Waals surface area contributed by atoms with Crippen LogP contribution in [0.4, 0.5) is 10.1 Å². The minimum Gasteiger partial charge on any atom is -0.457 e. The molecule has 200 valence electrons. The minimum absolute atomic E-state index is 0.134. The molecule has 1 aliphatic heterocycles. The van der Waals surface area contributed by atoms with Gasteiger partial charge in [-0.25, -0.2) is 4.39 Å². The number of hydrogen-bond acceptors (Lipinski definition) is 4. The van der Waals surface area contributed by atoms with E-state index in [-0.39, 0.29) is 17.8 Å². The van der Waals surface area contributed by atoms with Crippen molar-refractivity contribution < 1.29 is 18.7 Å². The third kappa shape index (κ3) is 6.34. The molecule has 38 heavy (non-hydrogen) atoms. The first-order chi connectivity index (χ1) is 18.3. The maximum absolute atomic E-state index is 14.1. The van der Waals surface area contributed by atoms with Crippen molar-refractivity contribution in [2.24, 2.45) is 5.92 Å². The van der Waals surface area contributed by atoms with Crippen LogP contribution in [0.15, 0.2) is 72.8 Å². The molecule has 6 nitrogen and oxygen atoms in total. The van der Waals surface area contributed by atoms with E-state index >= 15 is 0 Å². The molecule has 1 heterocycles. The number of nitrogens with zero attached hydrogens (tertiary/aromatic N) is 2. The zero-order chi connectivity index (χ0) is 27.2. The van der Waals surface area contributed by atoms with E-state index in [4.69, 9.17) is 16.3 Å². The molecule has 0 bridgehead atoms. The molecule has 0 aromatic heterocycles. The predicted molar refractivity (Wildman–Crippen MR) is 148 cm³/mol. The number of ether oxygens (including phenoxy) is 1. The smallest absolute Gasteiger partial charge is 0.250 e. The lowest BCUT2D eigenvalue weighted by molar-refractivity contribution is -0.135. The van der Waals surface area contributed by atoms with E-state index in [0.29, 0.717) is 48.3 Å². The van der Waals surface area contributed by atoms with E-state index in [1.807, 2.05) is 43.3 Å². The molecule has 3 aromatic carbocycles. The van der Waals surface area contributed by atoms with Crippen LogP contribution in [0.3, 0.4) is 0 Å². The zero-order valence-corrected chi connectivity index (χ0v) is 22.6. The van der Waals surface area contributed by atoms with E-state index in [2.05, 4.69) is 19.2 Å². The van der Waals surface area contributed by atoms with Gasteiger partial charge in [0.25, 0.3) is 5.91 Å². The lowest BCUT2D eigenvalue weighted by Crippen LogP contribution is -2.57. The summed E-state index contributed by atoms with van der Waals surface area (Å²) in [7, 11) is 0. The maximum atomic E-state index is 14.1. The molecule has 8 heteroatoms. The lowest BCUT2D eigenvalue weighted by atomic mass is 9.98. The van der Waals surface area contributed by atoms with Gasteiger partial charge in [-0.2, -0.15) is 0 Å². The van der Waals surface area contributed by atoms with Crippen LogP contribution in [0.25, 0.3) is 0 Å². The number of halogens is 2. The number of anilines is 1. The molecule has 1 aliphatic rings. The highest BCUT2D eigenvalue weighted by Crippen LogP contribution is 2.35. The molecular weight excluding hydrogens is 505 g/mol. The van der Waals surface area contributed by atoms with Gasteiger partial charge in [0.15, 0.2) is 0 Å². The summed E-state index contributed by atoms with van der Waals surface area (Å²) in [4.78, 5) is 30.8. The fourth-order valence-corrected chi connectivity index (χ4v) is 4.84. The number of rotatable bonds is 8. The molecule has 3 aromatic rings. The van der Waals surface area contributed by atoms with E-state index in [9.17, 15) is 14.0 Å². The minimum atomic E-state index is -1.01. The highest BCUT2D eigenvalue weighted by molar-refractivity contribution is 6.30. The monoisotopic (exact) mass is 537 g/mol. The fraction of sp³-hybridized carbons (Fsp3) is 0.333. The van der Waals surface area contributed by atoms with Crippen LogP contribution < -0.4 is 15.0 Å². The van der Waals surface area contributed by atoms with Crippen molar-refractivity contribution in [3.05, 3.63) is 89.7 Å². The molecule has 0 radical (unpaired) electrons. The number of piperazine rings is 1. The molecule has 1 saturated heterocycles. The molecule has 2 amide bonds. The SMILES string of the molecule is Cc1cc(Oc2ccccc2)ccc1N(C(=O)CCl)[C@H](C(=O)N1CCN[C@H](C(C)C)C1)c1ccc(F)cc1. The van der Waals surface area contributed by atoms with Gasteiger partial charge in [-0.15, -0.1) is 11.6 Å². The van der Waals surface area contributed by atoms with Gasteiger partial charge in [-0.05, 0) is 66.4 Å². The van der Waals surface area contributed by atoms with Crippen LogP contribution in [0.5, 0.6) is 11.5 Å². The van der Waals surface area contributed by atoms with Gasteiger partial charge in [0, 0.05) is 31.4 Å². The second kappa shape index (κ2) is 12.4. The molecule has 0 spiro atoms. The summed E-state index contributed by atoms with van der Waals surface area (Å²) in [6.07, 6.45) is 0. The Morgan fingerprint density at radius 3 is 2.42 bits per heavy atom. The second-order valence-corrected chi connectivity index (χ2v) is 10.1. The molecule has 2 atom stereocenters. The van der Waals surface area contributed by atoms with E-state index in [0.717, 1.165) is 5.56 Å². The van der Waals surface area contributed by atoms with Gasteiger partial charge in [0.05, 0.1) is 0 Å². The third-order valence-corrected chi connectivity index (χ3v) is 7.02. The summed E-state index contributed by atoms with van der Waals surface area (Å²) in [6, 6.07) is 19.6. The summed E-state index contributed by atoms with van der Waals surface area (Å²) in [5.41, 5.74) is 1.78. The van der Waals surface area contributed by atoms with E-state index in [1.54, 1.807) is 29.2 Å². The average molecular weight is 538 g/mol. The molecule has 0 unspecified atom stereocenters. The normalized spacial score (nSPS) is 16.3. The number of hydrogen-bond donors (Lipinski definition) is 1. The van der Waals surface area contributed by atoms with Crippen LogP contribution in [-0.4, -0.2) is 48.3 Å². The van der Waals surface area contributed by atoms with Crippen molar-refractivity contribution in [1.82, 2.24) is 10.2 Å². The Morgan fingerprint density at radius 2 is 1.79 bits per heavy atom. The number of nitrogens with one attached hydrogen (secondary N) is 1. The Hall–Kier alpha value is -3.42. The number of para-hydroxylation sites is 1. The molecule has 0 aliphatic carbocycles. The Balaban J connectivity index is 1.74. The number of amides is 2. The zero-order valence-electron chi connectivity index (χ0n) is 21.9. The molecule has 4 rings (SSSR count). The van der Waals surface area contributed by atoms with Crippen LogP contribution >= 0.6 is 11.6 Å². The maximum Gasteiger partial charge on any atom is 0.250 e. The van der Waals surface area contributed by atoms with Gasteiger partial charge in [0.1, 0.15) is 29.2 Å². The largest absolute Gasteiger partial charge is 0.457 e. The lowest BCUT2D eigenvalue weighted by Gasteiger charge is -2.40. The van der Waals surface area contributed by atoms with Crippen molar-refractivity contribution in [1.29, 1.82) is 0 Å². The number of alkyl halides is 1. The summed E-state index contributed by atoms with van der Waals surface area (Å²) >= 11 is 6.09. The predicted octanol–water partition coefficient (Wildman–Crippen LogP) is 5.70. The quantitative estimate of drug-likeness (QED) is 0.375. The van der Waals surface area contributed by atoms with E-state index in [1.165, 1.54) is 17.0 Å². The van der Waals surface area contributed by atoms with Crippen LogP contribution in [0.2, 0.25) is 0 Å². The van der Waals surface area contributed by atoms with Gasteiger partial charge in [0.2, 0.25) is 5.91 Å².